The van der Waals surface area contributed by atoms with Crippen LogP contribution in [-0.2, 0) is 16.1 Å². The van der Waals surface area contributed by atoms with E-state index in [4.69, 9.17) is 10.5 Å². The first-order valence-corrected chi connectivity index (χ1v) is 10.1. The molecule has 7 heteroatoms. The number of benzene rings is 1. The van der Waals surface area contributed by atoms with Crippen molar-refractivity contribution in [3.63, 3.8) is 0 Å². The Morgan fingerprint density at radius 2 is 1.89 bits per heavy atom. The molecule has 2 fully saturated rings. The Labute approximate surface area is 173 Å². The Bertz CT molecular complexity index is 656. The molecule has 0 aromatic heterocycles. The van der Waals surface area contributed by atoms with Gasteiger partial charge >= 0.3 is 0 Å². The Kier molecular flexibility index (Phi) is 8.58. The number of amides is 2. The molecular weight excluding hydrogens is 378 g/mol. The maximum Gasteiger partial charge on any atom is 0.257 e. The highest BCUT2D eigenvalue weighted by atomic mass is 35.5. The maximum absolute atomic E-state index is 12.6. The van der Waals surface area contributed by atoms with Crippen LogP contribution in [-0.4, -0.2) is 31.0 Å². The van der Waals surface area contributed by atoms with Crippen LogP contribution in [0.5, 0.6) is 5.75 Å². The van der Waals surface area contributed by atoms with Crippen LogP contribution in [0.2, 0.25) is 0 Å². The molecule has 156 valence electrons. The van der Waals surface area contributed by atoms with Gasteiger partial charge in [0.05, 0.1) is 0 Å². The van der Waals surface area contributed by atoms with Crippen molar-refractivity contribution < 1.29 is 14.3 Å². The smallest absolute Gasteiger partial charge is 0.257 e. The lowest BCUT2D eigenvalue weighted by molar-refractivity contribution is -0.128. The lowest BCUT2D eigenvalue weighted by Crippen LogP contribution is -2.49. The third-order valence-electron chi connectivity index (χ3n) is 5.89. The van der Waals surface area contributed by atoms with Gasteiger partial charge in [0.15, 0.2) is 6.61 Å². The van der Waals surface area contributed by atoms with E-state index in [0.717, 1.165) is 31.2 Å². The fourth-order valence-corrected chi connectivity index (χ4v) is 4.48. The molecule has 0 heterocycles. The monoisotopic (exact) mass is 409 g/mol. The van der Waals surface area contributed by atoms with Crippen molar-refractivity contribution in [3.05, 3.63) is 29.8 Å². The quantitative estimate of drug-likeness (QED) is 0.644. The Morgan fingerprint density at radius 1 is 1.18 bits per heavy atom. The summed E-state index contributed by atoms with van der Waals surface area (Å²) in [7, 11) is 0. The zero-order valence-electron chi connectivity index (χ0n) is 16.5. The minimum atomic E-state index is -0.141. The van der Waals surface area contributed by atoms with Crippen molar-refractivity contribution >= 4 is 24.2 Å². The molecule has 28 heavy (non-hydrogen) atoms. The minimum Gasteiger partial charge on any atom is -0.484 e. The highest BCUT2D eigenvalue weighted by Gasteiger charge is 2.40. The van der Waals surface area contributed by atoms with Gasteiger partial charge in [-0.2, -0.15) is 0 Å². The first-order chi connectivity index (χ1) is 13.1. The highest BCUT2D eigenvalue weighted by Crippen LogP contribution is 2.41. The molecule has 2 aliphatic carbocycles. The zero-order valence-corrected chi connectivity index (χ0v) is 17.3. The van der Waals surface area contributed by atoms with E-state index in [2.05, 4.69) is 10.6 Å². The molecule has 6 nitrogen and oxygen atoms in total. The maximum atomic E-state index is 12.6. The summed E-state index contributed by atoms with van der Waals surface area (Å²) in [6, 6.07) is 7.78. The van der Waals surface area contributed by atoms with E-state index < -0.39 is 0 Å². The number of hydrogen-bond donors (Lipinski definition) is 3. The van der Waals surface area contributed by atoms with Crippen molar-refractivity contribution in [1.82, 2.24) is 10.6 Å². The van der Waals surface area contributed by atoms with E-state index in [-0.39, 0.29) is 42.8 Å². The predicted molar refractivity (Wildman–Crippen MR) is 111 cm³/mol. The normalized spacial score (nSPS) is 25.9. The lowest BCUT2D eigenvalue weighted by atomic mass is 9.65. The zero-order chi connectivity index (χ0) is 19.2. The molecule has 1 aromatic rings. The molecule has 2 saturated carbocycles. The van der Waals surface area contributed by atoms with Crippen molar-refractivity contribution in [3.8, 4) is 5.75 Å². The summed E-state index contributed by atoms with van der Waals surface area (Å²) in [4.78, 5) is 24.1. The van der Waals surface area contributed by atoms with Crippen molar-refractivity contribution in [2.75, 3.05) is 13.2 Å². The SMILES string of the molecule is CCNC(=O)COc1cccc(CNC(=O)C2CC3CCCC(C2)C3N)c1.Cl. The number of hydrogen-bond acceptors (Lipinski definition) is 4. The summed E-state index contributed by atoms with van der Waals surface area (Å²) in [5.74, 6) is 1.70. The van der Waals surface area contributed by atoms with Gasteiger partial charge in [-0.1, -0.05) is 18.6 Å². The average molecular weight is 410 g/mol. The second kappa shape index (κ2) is 10.7. The summed E-state index contributed by atoms with van der Waals surface area (Å²) in [5, 5.41) is 5.77. The number of nitrogens with two attached hydrogens (primary N) is 1. The summed E-state index contributed by atoms with van der Waals surface area (Å²) in [6.07, 6.45) is 5.40. The highest BCUT2D eigenvalue weighted by molar-refractivity contribution is 5.85. The van der Waals surface area contributed by atoms with Crippen LogP contribution in [0.3, 0.4) is 0 Å². The summed E-state index contributed by atoms with van der Waals surface area (Å²) >= 11 is 0. The average Bonchev–Trinajstić information content (AvgIpc) is 2.65. The van der Waals surface area contributed by atoms with Gasteiger partial charge in [0, 0.05) is 25.0 Å². The number of nitrogens with one attached hydrogen (secondary N) is 2. The number of rotatable bonds is 7. The van der Waals surface area contributed by atoms with Crippen LogP contribution in [0.15, 0.2) is 24.3 Å². The molecule has 0 saturated heterocycles. The summed E-state index contributed by atoms with van der Waals surface area (Å²) < 4.78 is 5.51. The first kappa shape index (κ1) is 22.5. The van der Waals surface area contributed by atoms with Crippen LogP contribution in [0.4, 0.5) is 0 Å². The Balaban J connectivity index is 0.00000280. The topological polar surface area (TPSA) is 93.5 Å². The number of fused-ring (bicyclic) bond motifs is 2. The molecule has 4 N–H and O–H groups in total. The van der Waals surface area contributed by atoms with Gasteiger partial charge in [0.1, 0.15) is 5.75 Å². The van der Waals surface area contributed by atoms with Crippen molar-refractivity contribution in [2.45, 2.75) is 51.6 Å². The summed E-state index contributed by atoms with van der Waals surface area (Å²) in [6.45, 7) is 2.92. The van der Waals surface area contributed by atoms with Crippen molar-refractivity contribution in [1.29, 1.82) is 0 Å². The third-order valence-corrected chi connectivity index (χ3v) is 5.89. The molecule has 2 amide bonds. The lowest BCUT2D eigenvalue weighted by Gasteiger charge is -2.43. The number of carbonyl (C=O) groups is 2. The second-order valence-electron chi connectivity index (χ2n) is 7.80. The second-order valence-corrected chi connectivity index (χ2v) is 7.80. The Hall–Kier alpha value is -1.79. The van der Waals surface area contributed by atoms with Gasteiger partial charge in [-0.25, -0.2) is 0 Å². The van der Waals surface area contributed by atoms with Crippen LogP contribution >= 0.6 is 12.4 Å². The van der Waals surface area contributed by atoms with Gasteiger partial charge < -0.3 is 21.1 Å². The van der Waals surface area contributed by atoms with Crippen molar-refractivity contribution in [2.24, 2.45) is 23.5 Å². The van der Waals surface area contributed by atoms with Crippen LogP contribution in [0, 0.1) is 17.8 Å². The summed E-state index contributed by atoms with van der Waals surface area (Å²) in [5.41, 5.74) is 7.29. The van der Waals surface area contributed by atoms with E-state index in [1.165, 1.54) is 6.42 Å². The van der Waals surface area contributed by atoms with Gasteiger partial charge in [-0.15, -0.1) is 12.4 Å². The standard InChI is InChI=1S/C21H31N3O3.ClH/c1-2-23-19(25)13-27-18-8-3-5-14(9-18)12-24-21(26)17-10-15-6-4-7-16(11-17)20(15)22;/h3,5,8-9,15-17,20H,2,4,6-7,10-13,22H2,1H3,(H,23,25)(H,24,26);1H. The third kappa shape index (κ3) is 5.85. The number of ether oxygens (including phenoxy) is 1. The number of likely N-dealkylation sites (N-methyl/N-ethyl adjacent to an activating group) is 1. The number of halogens is 1. The molecule has 2 bridgehead atoms. The van der Waals surface area contributed by atoms with E-state index in [1.54, 1.807) is 0 Å². The fraction of sp³-hybridized carbons (Fsp3) is 0.619. The minimum absolute atomic E-state index is 0. The van der Waals surface area contributed by atoms with E-state index >= 15 is 0 Å². The molecule has 2 atom stereocenters. The van der Waals surface area contributed by atoms with Gasteiger partial charge in [0.2, 0.25) is 5.91 Å². The van der Waals surface area contributed by atoms with Gasteiger partial charge in [-0.05, 0) is 62.1 Å². The first-order valence-electron chi connectivity index (χ1n) is 10.1. The molecule has 1 aromatic carbocycles. The molecule has 0 spiro atoms. The van der Waals surface area contributed by atoms with Gasteiger partial charge in [-0.3, -0.25) is 9.59 Å². The molecule has 0 aliphatic heterocycles. The Morgan fingerprint density at radius 3 is 2.57 bits per heavy atom. The molecule has 2 aliphatic rings. The van der Waals surface area contributed by atoms with E-state index in [1.807, 2.05) is 31.2 Å². The largest absolute Gasteiger partial charge is 0.484 e. The van der Waals surface area contributed by atoms with E-state index in [0.29, 0.717) is 30.7 Å². The van der Waals surface area contributed by atoms with Crippen LogP contribution < -0.4 is 21.1 Å². The van der Waals surface area contributed by atoms with Crippen LogP contribution in [0.25, 0.3) is 0 Å². The molecule has 2 unspecified atom stereocenters. The van der Waals surface area contributed by atoms with Gasteiger partial charge in [0.25, 0.3) is 5.91 Å². The van der Waals surface area contributed by atoms with E-state index in [9.17, 15) is 9.59 Å². The predicted octanol–water partition coefficient (Wildman–Crippen LogP) is 2.39. The molecular formula is C21H32ClN3O3. The van der Waals surface area contributed by atoms with Crippen LogP contribution in [0.1, 0.15) is 44.6 Å². The molecule has 3 rings (SSSR count). The molecule has 0 radical (unpaired) electrons. The fourth-order valence-electron chi connectivity index (χ4n) is 4.48. The number of carbonyl (C=O) groups excluding carboxylic acids is 2.